The van der Waals surface area contributed by atoms with Crippen LogP contribution in [0.3, 0.4) is 0 Å². The first-order valence-electron chi connectivity index (χ1n) is 7.65. The average molecular weight is 318 g/mol. The number of rotatable bonds is 2. The molecule has 4 heteroatoms. The number of hydrogen-bond donors (Lipinski definition) is 1. The molecular weight excluding hydrogens is 303 g/mol. The standard InChI is InChI=1S/C20H15FN2O/c1-13-3-2-4-14(9-13)15-5-8-19-16(10-15)12-22-23(19)17-6-7-18(21)20(24)11-17/h2-12,24H,1H3. The quantitative estimate of drug-likeness (QED) is 0.574. The summed E-state index contributed by atoms with van der Waals surface area (Å²) in [5.74, 6) is -1.02. The Morgan fingerprint density at radius 1 is 0.958 bits per heavy atom. The van der Waals surface area contributed by atoms with E-state index in [4.69, 9.17) is 0 Å². The normalized spacial score (nSPS) is 11.1. The lowest BCUT2D eigenvalue weighted by Gasteiger charge is -2.06. The molecule has 3 nitrogen and oxygen atoms in total. The van der Waals surface area contributed by atoms with Gasteiger partial charge in [-0.25, -0.2) is 9.07 Å². The van der Waals surface area contributed by atoms with Crippen LogP contribution >= 0.6 is 0 Å². The monoisotopic (exact) mass is 318 g/mol. The lowest BCUT2D eigenvalue weighted by atomic mass is 10.0. The molecule has 1 heterocycles. The molecule has 0 atom stereocenters. The molecule has 0 amide bonds. The van der Waals surface area contributed by atoms with E-state index in [-0.39, 0.29) is 5.75 Å². The number of benzene rings is 3. The van der Waals surface area contributed by atoms with E-state index in [0.717, 1.165) is 22.0 Å². The van der Waals surface area contributed by atoms with Gasteiger partial charge in [0, 0.05) is 11.5 Å². The molecule has 0 radical (unpaired) electrons. The molecule has 0 aliphatic heterocycles. The lowest BCUT2D eigenvalue weighted by Crippen LogP contribution is -1.96. The van der Waals surface area contributed by atoms with Crippen LogP contribution in [-0.2, 0) is 0 Å². The van der Waals surface area contributed by atoms with E-state index in [1.165, 1.54) is 17.7 Å². The zero-order valence-electron chi connectivity index (χ0n) is 13.1. The Kier molecular flexibility index (Phi) is 3.31. The highest BCUT2D eigenvalue weighted by atomic mass is 19.1. The maximum absolute atomic E-state index is 13.2. The molecule has 0 unspecified atom stereocenters. The molecule has 1 aromatic heterocycles. The molecular formula is C20H15FN2O. The fourth-order valence-corrected chi connectivity index (χ4v) is 2.88. The van der Waals surface area contributed by atoms with Crippen LogP contribution in [0, 0.1) is 12.7 Å². The van der Waals surface area contributed by atoms with E-state index < -0.39 is 5.82 Å². The number of aromatic nitrogens is 2. The van der Waals surface area contributed by atoms with Crippen LogP contribution < -0.4 is 0 Å². The minimum absolute atomic E-state index is 0.382. The Labute approximate surface area is 138 Å². The van der Waals surface area contributed by atoms with Crippen molar-refractivity contribution in [1.82, 2.24) is 9.78 Å². The highest BCUT2D eigenvalue weighted by Crippen LogP contribution is 2.27. The molecule has 1 N–H and O–H groups in total. The average Bonchev–Trinajstić information content (AvgIpc) is 3.00. The van der Waals surface area contributed by atoms with Crippen LogP contribution in [0.25, 0.3) is 27.7 Å². The summed E-state index contributed by atoms with van der Waals surface area (Å²) >= 11 is 0. The predicted molar refractivity (Wildman–Crippen MR) is 92.9 cm³/mol. The lowest BCUT2D eigenvalue weighted by molar-refractivity contribution is 0.432. The molecule has 118 valence electrons. The number of phenolic OH excluding ortho intramolecular Hbond substituents is 1. The van der Waals surface area contributed by atoms with Gasteiger partial charge in [-0.05, 0) is 42.3 Å². The minimum atomic E-state index is -0.642. The van der Waals surface area contributed by atoms with Gasteiger partial charge in [0.25, 0.3) is 0 Å². The summed E-state index contributed by atoms with van der Waals surface area (Å²) in [4.78, 5) is 0. The molecule has 4 aromatic rings. The van der Waals surface area contributed by atoms with Crippen molar-refractivity contribution >= 4 is 10.9 Å². The largest absolute Gasteiger partial charge is 0.505 e. The van der Waals surface area contributed by atoms with E-state index in [1.54, 1.807) is 16.9 Å². The highest BCUT2D eigenvalue weighted by Gasteiger charge is 2.09. The van der Waals surface area contributed by atoms with Gasteiger partial charge in [0.2, 0.25) is 0 Å². The molecule has 0 saturated carbocycles. The Balaban J connectivity index is 1.82. The van der Waals surface area contributed by atoms with Gasteiger partial charge in [0.1, 0.15) is 0 Å². The summed E-state index contributed by atoms with van der Waals surface area (Å²) in [5, 5.41) is 14.9. The van der Waals surface area contributed by atoms with E-state index >= 15 is 0 Å². The number of aryl methyl sites for hydroxylation is 1. The van der Waals surface area contributed by atoms with Crippen LogP contribution in [0.1, 0.15) is 5.56 Å². The van der Waals surface area contributed by atoms with Crippen molar-refractivity contribution in [3.05, 3.63) is 78.2 Å². The van der Waals surface area contributed by atoms with Crippen molar-refractivity contribution < 1.29 is 9.50 Å². The number of halogens is 1. The number of aromatic hydroxyl groups is 1. The second-order valence-corrected chi connectivity index (χ2v) is 5.84. The Bertz CT molecular complexity index is 1050. The van der Waals surface area contributed by atoms with E-state index in [1.807, 2.05) is 18.2 Å². The third kappa shape index (κ3) is 2.42. The zero-order valence-corrected chi connectivity index (χ0v) is 13.1. The fraction of sp³-hybridized carbons (Fsp3) is 0.0500. The summed E-state index contributed by atoms with van der Waals surface area (Å²) in [7, 11) is 0. The first kappa shape index (κ1) is 14.5. The second kappa shape index (κ2) is 5.49. The Morgan fingerprint density at radius 2 is 1.79 bits per heavy atom. The number of phenols is 1. The molecule has 0 aliphatic rings. The molecule has 3 aromatic carbocycles. The third-order valence-corrected chi connectivity index (χ3v) is 4.09. The molecule has 4 rings (SSSR count). The van der Waals surface area contributed by atoms with Gasteiger partial charge in [-0.3, -0.25) is 0 Å². The summed E-state index contributed by atoms with van der Waals surface area (Å²) in [6.07, 6.45) is 1.77. The Hall–Kier alpha value is -3.14. The summed E-state index contributed by atoms with van der Waals surface area (Å²) < 4.78 is 14.9. The molecule has 0 bridgehead atoms. The zero-order chi connectivity index (χ0) is 16.7. The minimum Gasteiger partial charge on any atom is -0.505 e. The number of nitrogens with zero attached hydrogens (tertiary/aromatic N) is 2. The smallest absolute Gasteiger partial charge is 0.164 e. The summed E-state index contributed by atoms with van der Waals surface area (Å²) in [5.41, 5.74) is 5.01. The van der Waals surface area contributed by atoms with Crippen molar-refractivity contribution in [2.45, 2.75) is 6.92 Å². The van der Waals surface area contributed by atoms with Gasteiger partial charge in [-0.1, -0.05) is 35.9 Å². The molecule has 0 spiro atoms. The summed E-state index contributed by atoms with van der Waals surface area (Å²) in [6.45, 7) is 2.07. The second-order valence-electron chi connectivity index (χ2n) is 5.84. The van der Waals surface area contributed by atoms with Crippen LogP contribution in [-0.4, -0.2) is 14.9 Å². The maximum atomic E-state index is 13.2. The Morgan fingerprint density at radius 3 is 2.58 bits per heavy atom. The highest BCUT2D eigenvalue weighted by molar-refractivity contribution is 5.85. The SMILES string of the molecule is Cc1cccc(-c2ccc3c(cnn3-c3ccc(F)c(O)c3)c2)c1. The van der Waals surface area contributed by atoms with Gasteiger partial charge in [0.05, 0.1) is 17.4 Å². The first-order valence-corrected chi connectivity index (χ1v) is 7.65. The molecule has 0 fully saturated rings. The van der Waals surface area contributed by atoms with Crippen molar-refractivity contribution in [2.24, 2.45) is 0 Å². The van der Waals surface area contributed by atoms with Crippen LogP contribution in [0.15, 0.2) is 66.9 Å². The van der Waals surface area contributed by atoms with Crippen molar-refractivity contribution in [2.75, 3.05) is 0 Å². The van der Waals surface area contributed by atoms with Crippen LogP contribution in [0.4, 0.5) is 4.39 Å². The van der Waals surface area contributed by atoms with Gasteiger partial charge < -0.3 is 5.11 Å². The molecule has 0 saturated heterocycles. The van der Waals surface area contributed by atoms with Gasteiger partial charge in [-0.2, -0.15) is 5.10 Å². The number of fused-ring (bicyclic) bond motifs is 1. The maximum Gasteiger partial charge on any atom is 0.164 e. The topological polar surface area (TPSA) is 38.0 Å². The van der Waals surface area contributed by atoms with Gasteiger partial charge in [0.15, 0.2) is 11.6 Å². The fourth-order valence-electron chi connectivity index (χ4n) is 2.88. The first-order chi connectivity index (χ1) is 11.6. The van der Waals surface area contributed by atoms with E-state index in [0.29, 0.717) is 5.69 Å². The van der Waals surface area contributed by atoms with E-state index in [2.05, 4.69) is 36.3 Å². The molecule has 24 heavy (non-hydrogen) atoms. The predicted octanol–water partition coefficient (Wildman–Crippen LogP) is 4.85. The van der Waals surface area contributed by atoms with Crippen LogP contribution in [0.2, 0.25) is 0 Å². The van der Waals surface area contributed by atoms with Crippen molar-refractivity contribution in [3.63, 3.8) is 0 Å². The van der Waals surface area contributed by atoms with Gasteiger partial charge >= 0.3 is 0 Å². The van der Waals surface area contributed by atoms with Crippen LogP contribution in [0.5, 0.6) is 5.75 Å². The third-order valence-electron chi connectivity index (χ3n) is 4.09. The van der Waals surface area contributed by atoms with Crippen molar-refractivity contribution in [3.8, 4) is 22.6 Å². The van der Waals surface area contributed by atoms with E-state index in [9.17, 15) is 9.50 Å². The van der Waals surface area contributed by atoms with Crippen molar-refractivity contribution in [1.29, 1.82) is 0 Å². The van der Waals surface area contributed by atoms with Gasteiger partial charge in [-0.15, -0.1) is 0 Å². The number of hydrogen-bond acceptors (Lipinski definition) is 2. The molecule has 0 aliphatic carbocycles. The summed E-state index contributed by atoms with van der Waals surface area (Å²) in [6, 6.07) is 18.6.